The van der Waals surface area contributed by atoms with E-state index in [1.807, 2.05) is 0 Å². The topological polar surface area (TPSA) is 20.2 Å². The molecule has 0 aliphatic rings. The summed E-state index contributed by atoms with van der Waals surface area (Å²) < 4.78 is 0. The van der Waals surface area contributed by atoms with E-state index in [1.165, 1.54) is 0 Å². The summed E-state index contributed by atoms with van der Waals surface area (Å²) in [6.07, 6.45) is 0. The minimum Gasteiger partial charge on any atom is -0.450 e. The molecular weight excluding hydrogens is 83.3 g/mol. The van der Waals surface area contributed by atoms with Crippen molar-refractivity contribution in [3.63, 3.8) is 0 Å². The lowest BCUT2D eigenvalue weighted by atomic mass is 9.60. The third-order valence-electron chi connectivity index (χ3n) is 0.472. The van der Waals surface area contributed by atoms with Gasteiger partial charge in [-0.1, -0.05) is 0 Å². The Hall–Kier alpha value is -0.0403. The van der Waals surface area contributed by atoms with E-state index in [2.05, 4.69) is 0 Å². The largest absolute Gasteiger partial charge is 0.450 e. The van der Waals surface area contributed by atoms with Crippen molar-refractivity contribution < 1.29 is 5.02 Å². The van der Waals surface area contributed by atoms with Crippen molar-refractivity contribution in [3.05, 3.63) is 10.7 Å². The molecule has 0 fully saturated rings. The molecule has 0 bridgehead atoms. The lowest BCUT2D eigenvalue weighted by Crippen LogP contribution is -1.99. The average Bonchev–Trinajstić information content (AvgIpc) is 1.65. The van der Waals surface area contributed by atoms with Crippen LogP contribution in [0, 0.1) is 0 Å². The number of hydrogen-bond acceptors (Lipinski definition) is 1. The van der Waals surface area contributed by atoms with E-state index in [9.17, 15) is 0 Å². The highest BCUT2D eigenvalue weighted by Crippen LogP contribution is 1.83. The molecule has 1 N–H and O–H groups in total. The lowest BCUT2D eigenvalue weighted by Gasteiger charge is -1.93. The summed E-state index contributed by atoms with van der Waals surface area (Å²) in [6, 6.07) is 0. The Morgan fingerprint density at radius 3 is 1.71 bits per heavy atom. The zero-order chi connectivity index (χ0) is 5.86. The first-order chi connectivity index (χ1) is 3.18. The van der Waals surface area contributed by atoms with Gasteiger partial charge in [0.2, 0.25) is 0 Å². The third kappa shape index (κ3) is 2.63. The van der Waals surface area contributed by atoms with Crippen molar-refractivity contribution in [2.24, 2.45) is 0 Å². The van der Waals surface area contributed by atoms with E-state index < -0.39 is 0 Å². The summed E-state index contributed by atoms with van der Waals surface area (Å²) in [4.78, 5) is 0. The third-order valence-corrected chi connectivity index (χ3v) is 0.472. The van der Waals surface area contributed by atoms with Crippen molar-refractivity contribution in [3.8, 4) is 0 Å². The Morgan fingerprint density at radius 1 is 1.29 bits per heavy atom. The van der Waals surface area contributed by atoms with Crippen LogP contribution in [0.3, 0.4) is 0 Å². The van der Waals surface area contributed by atoms with Crippen LogP contribution in [-0.4, -0.2) is 36.0 Å². The Balaban J connectivity index is 3.72. The molecule has 0 aliphatic heterocycles. The predicted octanol–water partition coefficient (Wildman–Crippen LogP) is -1.77. The Morgan fingerprint density at radius 2 is 1.71 bits per heavy atom. The van der Waals surface area contributed by atoms with Crippen molar-refractivity contribution in [1.82, 2.24) is 0 Å². The standard InChI is InChI=1S/C2HB4O/c3-1(4)2(5)6-7/h7H. The fourth-order valence-electron chi connectivity index (χ4n) is 0.0745. The minimum atomic E-state index is -0.0671. The normalized spacial score (nSPS) is 7.57. The molecule has 7 heavy (non-hydrogen) atoms. The molecule has 0 rings (SSSR count). The second kappa shape index (κ2) is 3.03. The molecule has 0 saturated carbocycles. The molecule has 0 unspecified atom stereocenters. The smallest absolute Gasteiger partial charge is 0.309 e. The Kier molecular flexibility index (Phi) is 3.01. The summed E-state index contributed by atoms with van der Waals surface area (Å²) >= 11 is 0. The zero-order valence-electron chi connectivity index (χ0n) is 3.76. The molecule has 5 heteroatoms. The Bertz CT molecular complexity index is 83.7. The van der Waals surface area contributed by atoms with E-state index >= 15 is 0 Å². The monoisotopic (exact) mass is 85.0 g/mol. The molecule has 0 aliphatic carbocycles. The van der Waals surface area contributed by atoms with Crippen LogP contribution in [-0.2, 0) is 0 Å². The summed E-state index contributed by atoms with van der Waals surface area (Å²) in [7, 11) is 15.4. The first-order valence-electron chi connectivity index (χ1n) is 1.66. The molecule has 27 valence electrons. The van der Waals surface area contributed by atoms with Crippen molar-refractivity contribution in [1.29, 1.82) is 0 Å². The van der Waals surface area contributed by atoms with Gasteiger partial charge in [0.05, 0.1) is 23.5 Å². The first kappa shape index (κ1) is 6.96. The summed E-state index contributed by atoms with van der Waals surface area (Å²) in [6.45, 7) is 0. The van der Waals surface area contributed by atoms with Crippen LogP contribution >= 0.6 is 0 Å². The average molecular weight is 84.3 g/mol. The zero-order valence-corrected chi connectivity index (χ0v) is 3.76. The van der Waals surface area contributed by atoms with Crippen LogP contribution in [0.2, 0.25) is 0 Å². The highest BCUT2D eigenvalue weighted by molar-refractivity contribution is 6.64. The van der Waals surface area contributed by atoms with Gasteiger partial charge in [0, 0.05) is 0 Å². The maximum atomic E-state index is 8.04. The molecular formula is C2HB4O. The van der Waals surface area contributed by atoms with Gasteiger partial charge in [0.15, 0.2) is 0 Å². The van der Waals surface area contributed by atoms with Gasteiger partial charge in [-0.25, -0.2) is 0 Å². The van der Waals surface area contributed by atoms with Gasteiger partial charge in [0.1, 0.15) is 0 Å². The van der Waals surface area contributed by atoms with Gasteiger partial charge in [-0.2, -0.15) is 5.37 Å². The maximum absolute atomic E-state index is 8.04. The summed E-state index contributed by atoms with van der Waals surface area (Å²) in [5.41, 5.74) is 0. The highest BCUT2D eigenvalue weighted by Gasteiger charge is 1.87. The SMILES string of the molecule is [B]C([B])=C([B])[B]O. The fourth-order valence-corrected chi connectivity index (χ4v) is 0.0745. The fraction of sp³-hybridized carbons (Fsp3) is 0. The van der Waals surface area contributed by atoms with Gasteiger partial charge < -0.3 is 5.02 Å². The molecule has 0 amide bonds. The number of hydrogen-bond donors (Lipinski definition) is 1. The number of rotatable bonds is 1. The van der Waals surface area contributed by atoms with Crippen molar-refractivity contribution in [2.75, 3.05) is 0 Å². The summed E-state index contributed by atoms with van der Waals surface area (Å²) in [5, 5.41) is 7.97. The van der Waals surface area contributed by atoms with Gasteiger partial charge >= 0.3 is 7.48 Å². The molecule has 0 aromatic carbocycles. The predicted molar refractivity (Wildman–Crippen MR) is 32.3 cm³/mol. The molecule has 0 saturated heterocycles. The Labute approximate surface area is 47.7 Å². The molecule has 0 aromatic rings. The second-order valence-electron chi connectivity index (χ2n) is 1.04. The van der Waals surface area contributed by atoms with Crippen LogP contribution in [0.1, 0.15) is 0 Å². The van der Waals surface area contributed by atoms with Crippen LogP contribution in [0.4, 0.5) is 0 Å². The highest BCUT2D eigenvalue weighted by atomic mass is 16.2. The molecule has 7 radical (unpaired) electrons. The van der Waals surface area contributed by atoms with Crippen molar-refractivity contribution in [2.45, 2.75) is 0 Å². The second-order valence-corrected chi connectivity index (χ2v) is 1.04. The maximum Gasteiger partial charge on any atom is 0.309 e. The minimum absolute atomic E-state index is 0.000000000000000444. The van der Waals surface area contributed by atoms with Gasteiger partial charge in [-0.3, -0.25) is 0 Å². The molecule has 0 spiro atoms. The summed E-state index contributed by atoms with van der Waals surface area (Å²) in [5.74, 6) is 0. The van der Waals surface area contributed by atoms with E-state index in [-0.39, 0.29) is 10.7 Å². The van der Waals surface area contributed by atoms with Crippen LogP contribution in [0.5, 0.6) is 0 Å². The van der Waals surface area contributed by atoms with E-state index in [0.29, 0.717) is 7.48 Å². The van der Waals surface area contributed by atoms with Crippen molar-refractivity contribution >= 4 is 31.0 Å². The van der Waals surface area contributed by atoms with Gasteiger partial charge in [-0.15, -0.1) is 5.37 Å². The molecule has 0 aromatic heterocycles. The van der Waals surface area contributed by atoms with Crippen LogP contribution in [0.15, 0.2) is 10.7 Å². The molecule has 0 heterocycles. The lowest BCUT2D eigenvalue weighted by molar-refractivity contribution is 0.613. The van der Waals surface area contributed by atoms with Crippen LogP contribution in [0.25, 0.3) is 0 Å². The van der Waals surface area contributed by atoms with Gasteiger partial charge in [-0.05, 0) is 0 Å². The first-order valence-corrected chi connectivity index (χ1v) is 1.66. The van der Waals surface area contributed by atoms with E-state index in [1.54, 1.807) is 0 Å². The van der Waals surface area contributed by atoms with Crippen LogP contribution < -0.4 is 0 Å². The molecule has 1 nitrogen and oxygen atoms in total. The van der Waals surface area contributed by atoms with E-state index in [4.69, 9.17) is 28.6 Å². The van der Waals surface area contributed by atoms with E-state index in [0.717, 1.165) is 0 Å². The van der Waals surface area contributed by atoms with Gasteiger partial charge in [0.25, 0.3) is 0 Å². The molecule has 0 atom stereocenters. The quantitative estimate of drug-likeness (QED) is 0.373.